The van der Waals surface area contributed by atoms with E-state index in [1.165, 1.54) is 0 Å². The second-order valence-corrected chi connectivity index (χ2v) is 7.49. The smallest absolute Gasteiger partial charge is 0.235 e. The van der Waals surface area contributed by atoms with Gasteiger partial charge in [0.2, 0.25) is 5.91 Å². The Balaban J connectivity index is 0.00000400. The third-order valence-electron chi connectivity index (χ3n) is 2.58. The first-order valence-electron chi connectivity index (χ1n) is 6.34. The van der Waals surface area contributed by atoms with E-state index in [-0.39, 0.29) is 18.2 Å². The SMILES string of the molecule is Cl.NCCCCNC(=O)CS(=O)(=O)Cc1cccc(Br)c1. The molecule has 0 fully saturated rings. The van der Waals surface area contributed by atoms with Crippen LogP contribution in [0.3, 0.4) is 0 Å². The number of halogens is 2. The number of benzene rings is 1. The lowest BCUT2D eigenvalue weighted by Crippen LogP contribution is -2.31. The molecule has 5 nitrogen and oxygen atoms in total. The highest BCUT2D eigenvalue weighted by Crippen LogP contribution is 2.14. The quantitative estimate of drug-likeness (QED) is 0.650. The Bertz CT molecular complexity index is 552. The molecule has 1 aromatic carbocycles. The normalized spacial score (nSPS) is 10.8. The zero-order chi connectivity index (χ0) is 15.0. The van der Waals surface area contributed by atoms with Gasteiger partial charge in [-0.2, -0.15) is 0 Å². The molecule has 0 unspecified atom stereocenters. The first kappa shape index (κ1) is 20.4. The van der Waals surface area contributed by atoms with Gasteiger partial charge in [0.1, 0.15) is 5.75 Å². The fourth-order valence-corrected chi connectivity index (χ4v) is 3.42. The number of nitrogens with one attached hydrogen (secondary N) is 1. The van der Waals surface area contributed by atoms with Crippen LogP contribution in [0.15, 0.2) is 28.7 Å². The Morgan fingerprint density at radius 1 is 1.29 bits per heavy atom. The topological polar surface area (TPSA) is 89.3 Å². The maximum atomic E-state index is 11.9. The molecule has 0 spiro atoms. The molecule has 0 radical (unpaired) electrons. The first-order chi connectivity index (χ1) is 9.43. The second-order valence-electron chi connectivity index (χ2n) is 4.51. The van der Waals surface area contributed by atoms with Crippen LogP contribution in [0.4, 0.5) is 0 Å². The number of unbranched alkanes of at least 4 members (excludes halogenated alkanes) is 1. The molecule has 1 aromatic rings. The van der Waals surface area contributed by atoms with Crippen LogP contribution >= 0.6 is 28.3 Å². The summed E-state index contributed by atoms with van der Waals surface area (Å²) in [6.07, 6.45) is 1.57. The lowest BCUT2D eigenvalue weighted by Gasteiger charge is -2.06. The fourth-order valence-electron chi connectivity index (χ4n) is 1.68. The number of carbonyl (C=O) groups is 1. The molecule has 0 aliphatic rings. The summed E-state index contributed by atoms with van der Waals surface area (Å²) in [5, 5.41) is 2.59. The van der Waals surface area contributed by atoms with E-state index in [0.29, 0.717) is 18.7 Å². The van der Waals surface area contributed by atoms with Gasteiger partial charge in [-0.05, 0) is 37.1 Å². The molecular formula is C13H20BrClN2O3S. The van der Waals surface area contributed by atoms with Crippen LogP contribution in [0.2, 0.25) is 0 Å². The third-order valence-corrected chi connectivity index (χ3v) is 4.55. The van der Waals surface area contributed by atoms with E-state index in [2.05, 4.69) is 21.2 Å². The maximum Gasteiger partial charge on any atom is 0.235 e. The standard InChI is InChI=1S/C13H19BrN2O3S.ClH/c14-12-5-3-4-11(8-12)9-20(18,19)10-13(17)16-7-2-1-6-15;/h3-5,8H,1-2,6-7,9-10,15H2,(H,16,17);1H. The molecule has 0 bridgehead atoms. The van der Waals surface area contributed by atoms with Crippen molar-refractivity contribution in [3.05, 3.63) is 34.3 Å². The minimum atomic E-state index is -3.45. The highest BCUT2D eigenvalue weighted by atomic mass is 79.9. The van der Waals surface area contributed by atoms with Gasteiger partial charge in [-0.25, -0.2) is 8.42 Å². The van der Waals surface area contributed by atoms with Crippen LogP contribution in [0.25, 0.3) is 0 Å². The summed E-state index contributed by atoms with van der Waals surface area (Å²) in [6, 6.07) is 7.04. The molecule has 0 heterocycles. The molecule has 0 aliphatic carbocycles. The average Bonchev–Trinajstić information content (AvgIpc) is 2.33. The predicted octanol–water partition coefficient (Wildman–Crippen LogP) is 1.64. The average molecular weight is 400 g/mol. The van der Waals surface area contributed by atoms with Gasteiger partial charge in [0.25, 0.3) is 0 Å². The Morgan fingerprint density at radius 2 is 2.00 bits per heavy atom. The van der Waals surface area contributed by atoms with Gasteiger partial charge in [0.15, 0.2) is 9.84 Å². The lowest BCUT2D eigenvalue weighted by atomic mass is 10.2. The van der Waals surface area contributed by atoms with E-state index in [4.69, 9.17) is 5.73 Å². The van der Waals surface area contributed by atoms with Gasteiger partial charge in [-0.15, -0.1) is 12.4 Å². The lowest BCUT2D eigenvalue weighted by molar-refractivity contribution is -0.118. The largest absolute Gasteiger partial charge is 0.355 e. The van der Waals surface area contributed by atoms with E-state index in [9.17, 15) is 13.2 Å². The minimum Gasteiger partial charge on any atom is -0.355 e. The van der Waals surface area contributed by atoms with E-state index in [0.717, 1.165) is 17.3 Å². The van der Waals surface area contributed by atoms with Gasteiger partial charge in [-0.1, -0.05) is 28.1 Å². The summed E-state index contributed by atoms with van der Waals surface area (Å²) in [5.41, 5.74) is 6.00. The Morgan fingerprint density at radius 3 is 2.62 bits per heavy atom. The molecule has 0 aliphatic heterocycles. The summed E-state index contributed by atoms with van der Waals surface area (Å²) in [5.74, 6) is -1.08. The van der Waals surface area contributed by atoms with Gasteiger partial charge in [0.05, 0.1) is 5.75 Å². The second kappa shape index (κ2) is 10.2. The summed E-state index contributed by atoms with van der Waals surface area (Å²) < 4.78 is 24.6. The monoisotopic (exact) mass is 398 g/mol. The molecule has 3 N–H and O–H groups in total. The van der Waals surface area contributed by atoms with Crippen molar-refractivity contribution >= 4 is 44.1 Å². The highest BCUT2D eigenvalue weighted by Gasteiger charge is 2.17. The summed E-state index contributed by atoms with van der Waals surface area (Å²) in [6.45, 7) is 1.03. The van der Waals surface area contributed by atoms with Crippen LogP contribution in [-0.4, -0.2) is 33.2 Å². The van der Waals surface area contributed by atoms with E-state index >= 15 is 0 Å². The maximum absolute atomic E-state index is 11.9. The molecule has 1 amide bonds. The van der Waals surface area contributed by atoms with Crippen molar-refractivity contribution in [3.63, 3.8) is 0 Å². The molecule has 8 heteroatoms. The van der Waals surface area contributed by atoms with Crippen molar-refractivity contribution in [2.45, 2.75) is 18.6 Å². The van der Waals surface area contributed by atoms with Crippen molar-refractivity contribution < 1.29 is 13.2 Å². The Kier molecular flexibility index (Phi) is 9.85. The molecule has 0 aromatic heterocycles. The molecule has 0 saturated carbocycles. The zero-order valence-electron chi connectivity index (χ0n) is 11.5. The number of hydrogen-bond acceptors (Lipinski definition) is 4. The molecule has 21 heavy (non-hydrogen) atoms. The summed E-state index contributed by atoms with van der Waals surface area (Å²) in [7, 11) is -3.45. The van der Waals surface area contributed by atoms with Crippen molar-refractivity contribution in [2.75, 3.05) is 18.8 Å². The van der Waals surface area contributed by atoms with E-state index < -0.39 is 21.5 Å². The number of sulfone groups is 1. The Labute approximate surface area is 140 Å². The van der Waals surface area contributed by atoms with Gasteiger partial charge in [-0.3, -0.25) is 4.79 Å². The number of carbonyl (C=O) groups excluding carboxylic acids is 1. The van der Waals surface area contributed by atoms with E-state index in [1.807, 2.05) is 6.07 Å². The van der Waals surface area contributed by atoms with Gasteiger partial charge < -0.3 is 11.1 Å². The van der Waals surface area contributed by atoms with Crippen LogP contribution in [0.1, 0.15) is 18.4 Å². The van der Waals surface area contributed by atoms with Crippen LogP contribution in [-0.2, 0) is 20.4 Å². The number of hydrogen-bond donors (Lipinski definition) is 2. The highest BCUT2D eigenvalue weighted by molar-refractivity contribution is 9.10. The third kappa shape index (κ3) is 9.08. The predicted molar refractivity (Wildman–Crippen MR) is 90.2 cm³/mol. The molecule has 0 saturated heterocycles. The van der Waals surface area contributed by atoms with Crippen molar-refractivity contribution in [1.82, 2.24) is 5.32 Å². The summed E-state index contributed by atoms with van der Waals surface area (Å²) >= 11 is 3.29. The number of nitrogens with two attached hydrogens (primary N) is 1. The van der Waals surface area contributed by atoms with Gasteiger partial charge >= 0.3 is 0 Å². The fraction of sp³-hybridized carbons (Fsp3) is 0.462. The van der Waals surface area contributed by atoms with Crippen LogP contribution in [0.5, 0.6) is 0 Å². The van der Waals surface area contributed by atoms with E-state index in [1.54, 1.807) is 18.2 Å². The molecule has 0 atom stereocenters. The Hall–Kier alpha value is -0.630. The van der Waals surface area contributed by atoms with Crippen LogP contribution in [0, 0.1) is 0 Å². The van der Waals surface area contributed by atoms with Gasteiger partial charge in [0, 0.05) is 11.0 Å². The van der Waals surface area contributed by atoms with Crippen molar-refractivity contribution in [2.24, 2.45) is 5.73 Å². The number of amides is 1. The van der Waals surface area contributed by atoms with Crippen molar-refractivity contribution in [3.8, 4) is 0 Å². The minimum absolute atomic E-state index is 0. The zero-order valence-corrected chi connectivity index (χ0v) is 14.8. The molecule has 1 rings (SSSR count). The van der Waals surface area contributed by atoms with Crippen LogP contribution < -0.4 is 11.1 Å². The number of rotatable bonds is 8. The summed E-state index contributed by atoms with van der Waals surface area (Å²) in [4.78, 5) is 11.5. The molecular weight excluding hydrogens is 380 g/mol. The first-order valence-corrected chi connectivity index (χ1v) is 8.96. The molecule has 120 valence electrons. The van der Waals surface area contributed by atoms with Crippen molar-refractivity contribution in [1.29, 1.82) is 0 Å².